The van der Waals surface area contributed by atoms with E-state index in [2.05, 4.69) is 0 Å². The van der Waals surface area contributed by atoms with Gasteiger partial charge in [-0.05, 0) is 31.4 Å². The lowest BCUT2D eigenvalue weighted by molar-refractivity contribution is 0.0760. The molecule has 0 aromatic heterocycles. The molecule has 3 rings (SSSR count). The van der Waals surface area contributed by atoms with Crippen LogP contribution >= 0.6 is 0 Å². The maximum atomic E-state index is 12.8. The van der Waals surface area contributed by atoms with Gasteiger partial charge in [-0.1, -0.05) is 6.92 Å². The van der Waals surface area contributed by atoms with Crippen LogP contribution in [-0.4, -0.2) is 48.8 Å². The van der Waals surface area contributed by atoms with E-state index in [1.54, 1.807) is 30.2 Å². The average Bonchev–Trinajstić information content (AvgIpc) is 3.24. The molecule has 0 bridgehead atoms. The lowest BCUT2D eigenvalue weighted by Gasteiger charge is -2.19. The van der Waals surface area contributed by atoms with Gasteiger partial charge in [-0.25, -0.2) is 0 Å². The van der Waals surface area contributed by atoms with Crippen LogP contribution in [0, 0.1) is 5.41 Å². The number of ether oxygens (including phenoxy) is 2. The number of methoxy groups -OCH3 is 1. The summed E-state index contributed by atoms with van der Waals surface area (Å²) in [6.45, 7) is 3.64. The van der Waals surface area contributed by atoms with Crippen LogP contribution in [0.15, 0.2) is 18.2 Å². The first kappa shape index (κ1) is 15.2. The molecule has 1 saturated heterocycles. The van der Waals surface area contributed by atoms with Crippen molar-refractivity contribution in [2.75, 3.05) is 26.8 Å². The van der Waals surface area contributed by atoms with E-state index in [4.69, 9.17) is 9.47 Å². The minimum Gasteiger partial charge on any atom is -0.497 e. The molecule has 1 saturated carbocycles. The summed E-state index contributed by atoms with van der Waals surface area (Å²) in [6, 6.07) is 5.27. The molecule has 120 valence electrons. The molecule has 2 aliphatic rings. The minimum absolute atomic E-state index is 0.0351. The van der Waals surface area contributed by atoms with E-state index in [0.717, 1.165) is 19.3 Å². The molecule has 1 aliphatic carbocycles. The lowest BCUT2D eigenvalue weighted by Crippen LogP contribution is -2.30. The Morgan fingerprint density at radius 3 is 2.82 bits per heavy atom. The maximum absolute atomic E-state index is 12.8. The van der Waals surface area contributed by atoms with Crippen LogP contribution in [0.1, 0.15) is 36.5 Å². The summed E-state index contributed by atoms with van der Waals surface area (Å²) in [5.74, 6) is 1.15. The SMILES string of the molecule is CCCOc1cc(OC)ccc1C(=O)N1CC(O)C2(CC2)C1. The van der Waals surface area contributed by atoms with Crippen LogP contribution in [-0.2, 0) is 0 Å². The fourth-order valence-corrected chi connectivity index (χ4v) is 3.07. The summed E-state index contributed by atoms with van der Waals surface area (Å²) in [6.07, 6.45) is 2.50. The summed E-state index contributed by atoms with van der Waals surface area (Å²) in [5.41, 5.74) is 0.506. The van der Waals surface area contributed by atoms with E-state index in [1.807, 2.05) is 6.92 Å². The second-order valence-corrected chi connectivity index (χ2v) is 6.27. The first-order chi connectivity index (χ1) is 10.6. The van der Waals surface area contributed by atoms with Crippen molar-refractivity contribution in [1.82, 2.24) is 4.90 Å². The molecular formula is C17H23NO4. The van der Waals surface area contributed by atoms with Crippen LogP contribution in [0.3, 0.4) is 0 Å². The number of hydrogen-bond acceptors (Lipinski definition) is 4. The first-order valence-corrected chi connectivity index (χ1v) is 7.88. The highest BCUT2D eigenvalue weighted by Crippen LogP contribution is 2.53. The van der Waals surface area contributed by atoms with Crippen molar-refractivity contribution < 1.29 is 19.4 Å². The Labute approximate surface area is 130 Å². The summed E-state index contributed by atoms with van der Waals surface area (Å²) >= 11 is 0. The van der Waals surface area contributed by atoms with E-state index in [0.29, 0.717) is 36.8 Å². The standard InChI is InChI=1S/C17H23NO4/c1-3-8-22-14-9-12(21-2)4-5-13(14)16(20)18-10-15(19)17(11-18)6-7-17/h4-5,9,15,19H,3,6-8,10-11H2,1-2H3. The quantitative estimate of drug-likeness (QED) is 0.905. The number of nitrogens with zero attached hydrogens (tertiary/aromatic N) is 1. The van der Waals surface area contributed by atoms with Gasteiger partial charge in [0.1, 0.15) is 11.5 Å². The number of hydrogen-bond donors (Lipinski definition) is 1. The van der Waals surface area contributed by atoms with Crippen molar-refractivity contribution in [3.05, 3.63) is 23.8 Å². The molecule has 1 amide bonds. The van der Waals surface area contributed by atoms with Gasteiger partial charge in [0, 0.05) is 24.6 Å². The van der Waals surface area contributed by atoms with E-state index in [1.165, 1.54) is 0 Å². The van der Waals surface area contributed by atoms with Crippen molar-refractivity contribution in [1.29, 1.82) is 0 Å². The molecule has 1 N–H and O–H groups in total. The van der Waals surface area contributed by atoms with E-state index in [9.17, 15) is 9.90 Å². The number of aliphatic hydroxyl groups is 1. The third kappa shape index (κ3) is 2.65. The Hall–Kier alpha value is -1.75. The number of β-amino-alcohol motifs (C(OH)–C–C–N with tert-alkyl or cyclic N) is 1. The van der Waals surface area contributed by atoms with Crippen molar-refractivity contribution in [2.24, 2.45) is 5.41 Å². The number of aliphatic hydroxyl groups excluding tert-OH is 1. The number of rotatable bonds is 5. The van der Waals surface area contributed by atoms with E-state index >= 15 is 0 Å². The number of likely N-dealkylation sites (tertiary alicyclic amines) is 1. The van der Waals surface area contributed by atoms with Crippen molar-refractivity contribution in [3.8, 4) is 11.5 Å². The second-order valence-electron chi connectivity index (χ2n) is 6.27. The average molecular weight is 305 g/mol. The number of amides is 1. The Kier molecular flexibility index (Phi) is 4.00. The van der Waals surface area contributed by atoms with Crippen LogP contribution in [0.25, 0.3) is 0 Å². The summed E-state index contributed by atoms with van der Waals surface area (Å²) in [5, 5.41) is 10.1. The molecule has 1 aromatic carbocycles. The Balaban J connectivity index is 1.82. The largest absolute Gasteiger partial charge is 0.497 e. The smallest absolute Gasteiger partial charge is 0.257 e. The van der Waals surface area contributed by atoms with E-state index in [-0.39, 0.29) is 11.3 Å². The van der Waals surface area contributed by atoms with Gasteiger partial charge < -0.3 is 19.5 Å². The Morgan fingerprint density at radius 2 is 2.23 bits per heavy atom. The van der Waals surface area contributed by atoms with Crippen molar-refractivity contribution >= 4 is 5.91 Å². The van der Waals surface area contributed by atoms with Gasteiger partial charge in [-0.2, -0.15) is 0 Å². The van der Waals surface area contributed by atoms with Gasteiger partial charge in [-0.15, -0.1) is 0 Å². The molecule has 0 radical (unpaired) electrons. The second kappa shape index (κ2) is 5.80. The molecule has 22 heavy (non-hydrogen) atoms. The molecule has 5 nitrogen and oxygen atoms in total. The third-order valence-corrected chi connectivity index (χ3v) is 4.67. The van der Waals surface area contributed by atoms with Crippen LogP contribution < -0.4 is 9.47 Å². The summed E-state index contributed by atoms with van der Waals surface area (Å²) < 4.78 is 10.9. The molecule has 1 aliphatic heterocycles. The zero-order valence-corrected chi connectivity index (χ0v) is 13.2. The van der Waals surface area contributed by atoms with Crippen molar-refractivity contribution in [3.63, 3.8) is 0 Å². The Morgan fingerprint density at radius 1 is 1.45 bits per heavy atom. The monoisotopic (exact) mass is 305 g/mol. The van der Waals surface area contributed by atoms with Crippen LogP contribution in [0.5, 0.6) is 11.5 Å². The number of benzene rings is 1. The molecule has 5 heteroatoms. The third-order valence-electron chi connectivity index (χ3n) is 4.67. The molecule has 1 heterocycles. The van der Waals surface area contributed by atoms with Crippen LogP contribution in [0.2, 0.25) is 0 Å². The lowest BCUT2D eigenvalue weighted by atomic mass is 10.0. The molecule has 2 fully saturated rings. The van der Waals surface area contributed by atoms with E-state index < -0.39 is 6.10 Å². The first-order valence-electron chi connectivity index (χ1n) is 7.88. The molecule has 1 aromatic rings. The number of carbonyl (C=O) groups excluding carboxylic acids is 1. The highest BCUT2D eigenvalue weighted by atomic mass is 16.5. The number of carbonyl (C=O) groups is 1. The predicted octanol–water partition coefficient (Wildman–Crippen LogP) is 2.08. The zero-order chi connectivity index (χ0) is 15.7. The van der Waals surface area contributed by atoms with Gasteiger partial charge in [0.2, 0.25) is 0 Å². The highest BCUT2D eigenvalue weighted by molar-refractivity contribution is 5.97. The minimum atomic E-state index is -0.394. The molecule has 1 spiro atoms. The predicted molar refractivity (Wildman–Crippen MR) is 82.4 cm³/mol. The molecule has 1 atom stereocenters. The molecule has 1 unspecified atom stereocenters. The Bertz CT molecular complexity index is 568. The van der Waals surface area contributed by atoms with Crippen LogP contribution in [0.4, 0.5) is 0 Å². The summed E-state index contributed by atoms with van der Waals surface area (Å²) in [7, 11) is 1.59. The molecular weight excluding hydrogens is 282 g/mol. The van der Waals surface area contributed by atoms with Gasteiger partial charge in [0.05, 0.1) is 25.4 Å². The van der Waals surface area contributed by atoms with Gasteiger partial charge in [0.15, 0.2) is 0 Å². The normalized spacial score (nSPS) is 22.0. The maximum Gasteiger partial charge on any atom is 0.257 e. The zero-order valence-electron chi connectivity index (χ0n) is 13.2. The van der Waals surface area contributed by atoms with Crippen molar-refractivity contribution in [2.45, 2.75) is 32.3 Å². The topological polar surface area (TPSA) is 59.0 Å². The fourth-order valence-electron chi connectivity index (χ4n) is 3.07. The fraction of sp³-hybridized carbons (Fsp3) is 0.588. The highest BCUT2D eigenvalue weighted by Gasteiger charge is 2.55. The summed E-state index contributed by atoms with van der Waals surface area (Å²) in [4.78, 5) is 14.5. The van der Waals surface area contributed by atoms with Gasteiger partial charge >= 0.3 is 0 Å². The van der Waals surface area contributed by atoms with Gasteiger partial charge in [-0.3, -0.25) is 4.79 Å². The van der Waals surface area contributed by atoms with Gasteiger partial charge in [0.25, 0.3) is 5.91 Å².